The maximum Gasteiger partial charge on any atom is 0.254 e. The summed E-state index contributed by atoms with van der Waals surface area (Å²) in [4.78, 5) is 14.8. The second-order valence-electron chi connectivity index (χ2n) is 6.23. The number of nitrogens with zero attached hydrogens (tertiary/aromatic N) is 1. The summed E-state index contributed by atoms with van der Waals surface area (Å²) in [5, 5.41) is 3.49. The molecule has 0 bridgehead atoms. The Labute approximate surface area is 136 Å². The lowest BCUT2D eigenvalue weighted by atomic mass is 9.96. The van der Waals surface area contributed by atoms with Gasteiger partial charge in [-0.2, -0.15) is 0 Å². The van der Waals surface area contributed by atoms with Crippen molar-refractivity contribution >= 4 is 21.8 Å². The predicted molar refractivity (Wildman–Crippen MR) is 90.6 cm³/mol. The molecule has 1 amide bonds. The van der Waals surface area contributed by atoms with E-state index in [0.717, 1.165) is 41.7 Å². The van der Waals surface area contributed by atoms with E-state index < -0.39 is 0 Å². The Balaban J connectivity index is 2.03. The summed E-state index contributed by atoms with van der Waals surface area (Å²) in [7, 11) is 0. The molecule has 0 radical (unpaired) electrons. The van der Waals surface area contributed by atoms with Gasteiger partial charge in [-0.25, -0.2) is 0 Å². The molecule has 4 heteroatoms. The summed E-state index contributed by atoms with van der Waals surface area (Å²) in [5.74, 6) is 0.737. The summed E-state index contributed by atoms with van der Waals surface area (Å²) in [5.41, 5.74) is 1.85. The van der Waals surface area contributed by atoms with Crippen LogP contribution in [0.25, 0.3) is 0 Å². The molecule has 1 unspecified atom stereocenters. The van der Waals surface area contributed by atoms with Gasteiger partial charge in [0.25, 0.3) is 5.91 Å². The molecule has 1 aromatic rings. The number of rotatable bonds is 4. The van der Waals surface area contributed by atoms with E-state index in [1.807, 2.05) is 30.0 Å². The van der Waals surface area contributed by atoms with Gasteiger partial charge in [0.2, 0.25) is 0 Å². The minimum absolute atomic E-state index is 0.169. The normalized spacial score (nSPS) is 19.1. The predicted octanol–water partition coefficient (Wildman–Crippen LogP) is 3.61. The van der Waals surface area contributed by atoms with E-state index in [9.17, 15) is 4.79 Å². The molecule has 0 aliphatic carbocycles. The molecule has 1 saturated heterocycles. The molecule has 1 N–H and O–H groups in total. The van der Waals surface area contributed by atoms with Crippen molar-refractivity contribution in [3.63, 3.8) is 0 Å². The highest BCUT2D eigenvalue weighted by molar-refractivity contribution is 9.10. The van der Waals surface area contributed by atoms with E-state index >= 15 is 0 Å². The van der Waals surface area contributed by atoms with Gasteiger partial charge >= 0.3 is 0 Å². The SMILES string of the molecule is Cc1c(Br)cccc1C(=O)N1CCCC(CNC(C)C)C1. The summed E-state index contributed by atoms with van der Waals surface area (Å²) in [6.07, 6.45) is 2.31. The molecular formula is C17H25BrN2O. The van der Waals surface area contributed by atoms with E-state index in [-0.39, 0.29) is 5.91 Å². The lowest BCUT2D eigenvalue weighted by molar-refractivity contribution is 0.0671. The summed E-state index contributed by atoms with van der Waals surface area (Å²) < 4.78 is 1.00. The molecule has 1 atom stereocenters. The van der Waals surface area contributed by atoms with Crippen molar-refractivity contribution in [1.82, 2.24) is 10.2 Å². The van der Waals surface area contributed by atoms with Crippen LogP contribution >= 0.6 is 15.9 Å². The maximum atomic E-state index is 12.7. The van der Waals surface area contributed by atoms with Gasteiger partial charge in [0.1, 0.15) is 0 Å². The average molecular weight is 353 g/mol. The molecule has 21 heavy (non-hydrogen) atoms. The average Bonchev–Trinajstić information content (AvgIpc) is 2.47. The van der Waals surface area contributed by atoms with Crippen LogP contribution in [0.3, 0.4) is 0 Å². The fourth-order valence-electron chi connectivity index (χ4n) is 2.83. The molecule has 2 rings (SSSR count). The lowest BCUT2D eigenvalue weighted by Crippen LogP contribution is -2.43. The zero-order chi connectivity index (χ0) is 15.4. The standard InChI is InChI=1S/C17H25BrN2O/c1-12(2)19-10-14-6-5-9-20(11-14)17(21)15-7-4-8-16(18)13(15)3/h4,7-8,12,14,19H,5-6,9-11H2,1-3H3. The number of amides is 1. The largest absolute Gasteiger partial charge is 0.338 e. The van der Waals surface area contributed by atoms with Gasteiger partial charge in [-0.15, -0.1) is 0 Å². The minimum Gasteiger partial charge on any atom is -0.338 e. The first-order valence-electron chi connectivity index (χ1n) is 7.76. The van der Waals surface area contributed by atoms with Gasteiger partial charge in [-0.3, -0.25) is 4.79 Å². The van der Waals surface area contributed by atoms with Crippen LogP contribution < -0.4 is 5.32 Å². The third kappa shape index (κ3) is 4.30. The first kappa shape index (κ1) is 16.5. The highest BCUT2D eigenvalue weighted by Crippen LogP contribution is 2.23. The summed E-state index contributed by atoms with van der Waals surface area (Å²) in [6, 6.07) is 6.35. The minimum atomic E-state index is 0.169. The molecular weight excluding hydrogens is 328 g/mol. The number of benzene rings is 1. The highest BCUT2D eigenvalue weighted by Gasteiger charge is 2.25. The molecule has 116 valence electrons. The van der Waals surface area contributed by atoms with Crippen molar-refractivity contribution in [2.75, 3.05) is 19.6 Å². The molecule has 3 nitrogen and oxygen atoms in total. The fourth-order valence-corrected chi connectivity index (χ4v) is 3.19. The Morgan fingerprint density at radius 3 is 2.95 bits per heavy atom. The van der Waals surface area contributed by atoms with Crippen molar-refractivity contribution in [2.24, 2.45) is 5.92 Å². The molecule has 0 aromatic heterocycles. The number of carbonyl (C=O) groups is 1. The van der Waals surface area contributed by atoms with Crippen molar-refractivity contribution in [1.29, 1.82) is 0 Å². The molecule has 1 aromatic carbocycles. The van der Waals surface area contributed by atoms with Gasteiger partial charge in [0, 0.05) is 29.2 Å². The Morgan fingerprint density at radius 2 is 2.24 bits per heavy atom. The number of carbonyl (C=O) groups excluding carboxylic acids is 1. The second kappa shape index (κ2) is 7.41. The summed E-state index contributed by atoms with van der Waals surface area (Å²) in [6.45, 7) is 9.07. The lowest BCUT2D eigenvalue weighted by Gasteiger charge is -2.33. The number of hydrogen-bond donors (Lipinski definition) is 1. The number of likely N-dealkylation sites (tertiary alicyclic amines) is 1. The Bertz CT molecular complexity index is 502. The van der Waals surface area contributed by atoms with Crippen molar-refractivity contribution in [3.05, 3.63) is 33.8 Å². The molecule has 1 heterocycles. The van der Waals surface area contributed by atoms with Gasteiger partial charge < -0.3 is 10.2 Å². The van der Waals surface area contributed by atoms with Crippen molar-refractivity contribution < 1.29 is 4.79 Å². The maximum absolute atomic E-state index is 12.7. The molecule has 0 spiro atoms. The van der Waals surface area contributed by atoms with Gasteiger partial charge in [0.05, 0.1) is 0 Å². The van der Waals surface area contributed by atoms with Crippen LogP contribution in [0.2, 0.25) is 0 Å². The molecule has 1 aliphatic heterocycles. The van der Waals surface area contributed by atoms with E-state index in [1.54, 1.807) is 0 Å². The van der Waals surface area contributed by atoms with Crippen LogP contribution in [0.1, 0.15) is 42.6 Å². The third-order valence-electron chi connectivity index (χ3n) is 4.12. The first-order chi connectivity index (χ1) is 9.99. The molecule has 0 saturated carbocycles. The number of piperidine rings is 1. The van der Waals surface area contributed by atoms with Gasteiger partial charge in [0.15, 0.2) is 0 Å². The van der Waals surface area contributed by atoms with Crippen LogP contribution in [-0.2, 0) is 0 Å². The van der Waals surface area contributed by atoms with Crippen LogP contribution in [-0.4, -0.2) is 36.5 Å². The van der Waals surface area contributed by atoms with Gasteiger partial charge in [-0.05, 0) is 49.9 Å². The zero-order valence-electron chi connectivity index (χ0n) is 13.2. The van der Waals surface area contributed by atoms with Crippen LogP contribution in [0, 0.1) is 12.8 Å². The van der Waals surface area contributed by atoms with Crippen molar-refractivity contribution in [3.8, 4) is 0 Å². The summed E-state index contributed by atoms with van der Waals surface area (Å²) >= 11 is 3.51. The molecule has 1 fully saturated rings. The molecule has 1 aliphatic rings. The number of hydrogen-bond acceptors (Lipinski definition) is 2. The van der Waals surface area contributed by atoms with Crippen LogP contribution in [0.5, 0.6) is 0 Å². The van der Waals surface area contributed by atoms with Crippen LogP contribution in [0.15, 0.2) is 22.7 Å². The third-order valence-corrected chi connectivity index (χ3v) is 4.98. The van der Waals surface area contributed by atoms with E-state index in [0.29, 0.717) is 12.0 Å². The Morgan fingerprint density at radius 1 is 1.48 bits per heavy atom. The smallest absolute Gasteiger partial charge is 0.254 e. The monoisotopic (exact) mass is 352 g/mol. The van der Waals surface area contributed by atoms with E-state index in [4.69, 9.17) is 0 Å². The van der Waals surface area contributed by atoms with Gasteiger partial charge in [-0.1, -0.05) is 35.8 Å². The zero-order valence-corrected chi connectivity index (χ0v) is 14.7. The first-order valence-corrected chi connectivity index (χ1v) is 8.56. The van der Waals surface area contributed by atoms with E-state index in [2.05, 4.69) is 35.1 Å². The topological polar surface area (TPSA) is 32.3 Å². The highest BCUT2D eigenvalue weighted by atomic mass is 79.9. The fraction of sp³-hybridized carbons (Fsp3) is 0.588. The van der Waals surface area contributed by atoms with Crippen LogP contribution in [0.4, 0.5) is 0 Å². The number of halogens is 1. The Kier molecular flexibility index (Phi) is 5.82. The van der Waals surface area contributed by atoms with E-state index in [1.165, 1.54) is 6.42 Å². The Hall–Kier alpha value is -0.870. The number of nitrogens with one attached hydrogen (secondary N) is 1. The second-order valence-corrected chi connectivity index (χ2v) is 7.09. The van der Waals surface area contributed by atoms with Crippen molar-refractivity contribution in [2.45, 2.75) is 39.7 Å². The quantitative estimate of drug-likeness (QED) is 0.897.